The Balaban J connectivity index is 1.58. The maximum Gasteiger partial charge on any atom is 0.335 e. The van der Waals surface area contributed by atoms with Crippen molar-refractivity contribution >= 4 is 23.5 Å². The van der Waals surface area contributed by atoms with Crippen molar-refractivity contribution in [3.8, 4) is 0 Å². The molecule has 170 valence electrons. The van der Waals surface area contributed by atoms with E-state index < -0.39 is 12.1 Å². The summed E-state index contributed by atoms with van der Waals surface area (Å²) >= 11 is 1.49. The lowest BCUT2D eigenvalue weighted by Crippen LogP contribution is -2.42. The van der Waals surface area contributed by atoms with E-state index in [2.05, 4.69) is 13.8 Å². The number of aliphatic hydroxyl groups is 2. The van der Waals surface area contributed by atoms with Gasteiger partial charge in [0.05, 0.1) is 23.0 Å². The highest BCUT2D eigenvalue weighted by Crippen LogP contribution is 2.49. The van der Waals surface area contributed by atoms with Gasteiger partial charge < -0.3 is 15.3 Å². The first kappa shape index (κ1) is 24.0. The first-order valence-corrected chi connectivity index (χ1v) is 12.3. The first-order valence-electron chi connectivity index (χ1n) is 11.2. The molecule has 2 aliphatic rings. The van der Waals surface area contributed by atoms with Gasteiger partial charge in [0.1, 0.15) is 5.78 Å². The number of aliphatic hydroxyl groups excluding tert-OH is 2. The molecule has 0 radical (unpaired) electrons. The number of carbonyl (C=O) groups excluding carboxylic acids is 1. The first-order chi connectivity index (χ1) is 14.7. The smallest absolute Gasteiger partial charge is 0.335 e. The molecule has 0 aromatic heterocycles. The number of rotatable bonds is 10. The lowest BCUT2D eigenvalue weighted by atomic mass is 9.60. The molecule has 2 saturated carbocycles. The Morgan fingerprint density at radius 3 is 2.48 bits per heavy atom. The molecular weight excluding hydrogens is 412 g/mol. The van der Waals surface area contributed by atoms with Crippen LogP contribution in [0.1, 0.15) is 68.3 Å². The van der Waals surface area contributed by atoms with Gasteiger partial charge in [-0.3, -0.25) is 4.79 Å². The zero-order valence-corrected chi connectivity index (χ0v) is 19.2. The minimum Gasteiger partial charge on any atom is -0.478 e. The molecule has 1 aromatic rings. The van der Waals surface area contributed by atoms with Crippen LogP contribution in [0.25, 0.3) is 0 Å². The molecular formula is C25H34O5S. The molecule has 0 spiro atoms. The van der Waals surface area contributed by atoms with Gasteiger partial charge in [0, 0.05) is 18.1 Å². The molecule has 0 amide bonds. The van der Waals surface area contributed by atoms with Gasteiger partial charge in [-0.25, -0.2) is 4.79 Å². The Labute approximate surface area is 188 Å². The molecule has 2 fully saturated rings. The Kier molecular flexibility index (Phi) is 8.00. The number of thioether (sulfide) groups is 1. The van der Waals surface area contributed by atoms with Crippen molar-refractivity contribution < 1.29 is 24.9 Å². The van der Waals surface area contributed by atoms with Crippen molar-refractivity contribution in [1.29, 1.82) is 0 Å². The number of benzene rings is 1. The zero-order chi connectivity index (χ0) is 22.6. The second-order valence-electron chi connectivity index (χ2n) is 9.54. The van der Waals surface area contributed by atoms with E-state index in [-0.39, 0.29) is 40.5 Å². The second-order valence-corrected chi connectivity index (χ2v) is 10.7. The zero-order valence-electron chi connectivity index (χ0n) is 18.4. The van der Waals surface area contributed by atoms with Gasteiger partial charge in [-0.1, -0.05) is 44.6 Å². The average Bonchev–Trinajstić information content (AvgIpc) is 2.95. The summed E-state index contributed by atoms with van der Waals surface area (Å²) in [7, 11) is 0. The number of carboxylic acid groups (broad SMARTS) is 1. The number of hydrogen-bond acceptors (Lipinski definition) is 5. The number of ketones is 1. The average molecular weight is 447 g/mol. The molecule has 4 atom stereocenters. The van der Waals surface area contributed by atoms with E-state index in [4.69, 9.17) is 5.11 Å². The second kappa shape index (κ2) is 10.3. The van der Waals surface area contributed by atoms with Crippen molar-refractivity contribution in [2.75, 3.05) is 0 Å². The highest BCUT2D eigenvalue weighted by atomic mass is 32.2. The van der Waals surface area contributed by atoms with Crippen LogP contribution in [0.15, 0.2) is 36.4 Å². The summed E-state index contributed by atoms with van der Waals surface area (Å²) in [4.78, 5) is 23.4. The van der Waals surface area contributed by atoms with Crippen LogP contribution in [0.4, 0.5) is 0 Å². The van der Waals surface area contributed by atoms with Crippen LogP contribution in [-0.2, 0) is 10.5 Å². The van der Waals surface area contributed by atoms with Crippen molar-refractivity contribution in [3.05, 3.63) is 47.5 Å². The lowest BCUT2D eigenvalue weighted by molar-refractivity contribution is -0.117. The fourth-order valence-corrected chi connectivity index (χ4v) is 6.31. The predicted molar refractivity (Wildman–Crippen MR) is 123 cm³/mol. The standard InChI is InChI=1S/C25H34O5S/c1-16(2)14-25(11-4-12-25)22(28)6-3-5-19-20(26)13-21(27)23(19)31-15-17-7-9-18(10-8-17)24(29)30/h3,5,7-10,16,19-20,22-23,26,28H,4,6,11-15H2,1-2H3,(H,29,30)/b5-3+/t19-,20?,22?,23?/m0/s1. The Morgan fingerprint density at radius 1 is 1.26 bits per heavy atom. The van der Waals surface area contributed by atoms with Crippen LogP contribution in [-0.4, -0.2) is 44.5 Å². The number of carbonyl (C=O) groups is 2. The third-order valence-corrected chi connectivity index (χ3v) is 8.18. The third-order valence-electron chi connectivity index (χ3n) is 6.74. The molecule has 3 rings (SSSR count). The minimum absolute atomic E-state index is 0.0267. The Hall–Kier alpha value is -1.63. The monoisotopic (exact) mass is 446 g/mol. The molecule has 2 aliphatic carbocycles. The van der Waals surface area contributed by atoms with Gasteiger partial charge in [-0.05, 0) is 54.7 Å². The summed E-state index contributed by atoms with van der Waals surface area (Å²) in [6, 6.07) is 6.66. The van der Waals surface area contributed by atoms with Gasteiger partial charge in [-0.15, -0.1) is 11.8 Å². The van der Waals surface area contributed by atoms with E-state index in [9.17, 15) is 19.8 Å². The van der Waals surface area contributed by atoms with Gasteiger partial charge in [0.2, 0.25) is 0 Å². The van der Waals surface area contributed by atoms with Crippen LogP contribution < -0.4 is 0 Å². The van der Waals surface area contributed by atoms with Crippen LogP contribution in [0.2, 0.25) is 0 Å². The van der Waals surface area contributed by atoms with E-state index in [1.54, 1.807) is 24.3 Å². The van der Waals surface area contributed by atoms with Crippen LogP contribution in [0, 0.1) is 17.3 Å². The number of aromatic carboxylic acids is 1. The molecule has 0 aliphatic heterocycles. The van der Waals surface area contributed by atoms with Crippen molar-refractivity contribution in [2.24, 2.45) is 17.3 Å². The maximum absolute atomic E-state index is 12.5. The van der Waals surface area contributed by atoms with Gasteiger partial charge in [0.15, 0.2) is 0 Å². The van der Waals surface area contributed by atoms with E-state index in [1.807, 2.05) is 12.2 Å². The minimum atomic E-state index is -0.960. The molecule has 1 aromatic carbocycles. The maximum atomic E-state index is 12.5. The quantitative estimate of drug-likeness (QED) is 0.459. The fourth-order valence-electron chi connectivity index (χ4n) is 4.97. The summed E-state index contributed by atoms with van der Waals surface area (Å²) in [5.74, 6) is -0.0418. The van der Waals surface area contributed by atoms with E-state index in [0.29, 0.717) is 18.1 Å². The Bertz CT molecular complexity index is 797. The van der Waals surface area contributed by atoms with E-state index in [0.717, 1.165) is 24.8 Å². The van der Waals surface area contributed by atoms with Gasteiger partial charge >= 0.3 is 5.97 Å². The highest BCUT2D eigenvalue weighted by molar-refractivity contribution is 7.99. The molecule has 3 unspecified atom stereocenters. The number of hydrogen-bond donors (Lipinski definition) is 3. The molecule has 5 nitrogen and oxygen atoms in total. The van der Waals surface area contributed by atoms with E-state index >= 15 is 0 Å². The summed E-state index contributed by atoms with van der Waals surface area (Å²) < 4.78 is 0. The lowest BCUT2D eigenvalue weighted by Gasteiger charge is -2.46. The molecule has 0 bridgehead atoms. The highest BCUT2D eigenvalue weighted by Gasteiger charge is 2.43. The summed E-state index contributed by atoms with van der Waals surface area (Å²) in [6.45, 7) is 4.39. The van der Waals surface area contributed by atoms with Crippen molar-refractivity contribution in [3.63, 3.8) is 0 Å². The molecule has 0 saturated heterocycles. The van der Waals surface area contributed by atoms with Crippen LogP contribution in [0.3, 0.4) is 0 Å². The molecule has 3 N–H and O–H groups in total. The summed E-state index contributed by atoms with van der Waals surface area (Å²) in [6.07, 6.45) is 7.87. The molecule has 6 heteroatoms. The fraction of sp³-hybridized carbons (Fsp3) is 0.600. The van der Waals surface area contributed by atoms with Crippen LogP contribution in [0.5, 0.6) is 0 Å². The predicted octanol–water partition coefficient (Wildman–Crippen LogP) is 4.46. The van der Waals surface area contributed by atoms with Gasteiger partial charge in [-0.2, -0.15) is 0 Å². The molecule has 0 heterocycles. The summed E-state index contributed by atoms with van der Waals surface area (Å²) in [5, 5.41) is 29.9. The molecule has 31 heavy (non-hydrogen) atoms. The largest absolute Gasteiger partial charge is 0.478 e. The van der Waals surface area contributed by atoms with Crippen LogP contribution >= 0.6 is 11.8 Å². The topological polar surface area (TPSA) is 94.8 Å². The Morgan fingerprint density at radius 2 is 1.94 bits per heavy atom. The SMILES string of the molecule is CC(C)CC1(C(O)C/C=C/[C@H]2C(O)CC(=O)C2SCc2ccc(C(=O)O)cc2)CCC1. The normalized spacial score (nSPS) is 26.4. The number of carboxylic acids is 1. The van der Waals surface area contributed by atoms with Gasteiger partial charge in [0.25, 0.3) is 0 Å². The third kappa shape index (κ3) is 5.79. The summed E-state index contributed by atoms with van der Waals surface area (Å²) in [5.41, 5.74) is 1.21. The van der Waals surface area contributed by atoms with Crippen molar-refractivity contribution in [1.82, 2.24) is 0 Å². The number of Topliss-reactive ketones (excluding diaryl/α,β-unsaturated/α-hetero) is 1. The van der Waals surface area contributed by atoms with Crippen molar-refractivity contribution in [2.45, 2.75) is 75.6 Å². The van der Waals surface area contributed by atoms with E-state index in [1.165, 1.54) is 18.2 Å².